The van der Waals surface area contributed by atoms with Crippen molar-refractivity contribution >= 4 is 17.0 Å². The first-order valence-corrected chi connectivity index (χ1v) is 7.44. The van der Waals surface area contributed by atoms with Crippen LogP contribution in [0.1, 0.15) is 23.6 Å². The number of nitrogens with zero attached hydrogens (tertiary/aromatic N) is 2. The fourth-order valence-corrected chi connectivity index (χ4v) is 2.67. The monoisotopic (exact) mass is 279 g/mol. The Bertz CT molecular complexity index is 771. The van der Waals surface area contributed by atoms with Crippen molar-refractivity contribution in [2.45, 2.75) is 27.3 Å². The molecule has 1 heterocycles. The molecular weight excluding hydrogens is 258 g/mol. The second kappa shape index (κ2) is 5.60. The largest absolute Gasteiger partial charge is 0.356 e. The first-order chi connectivity index (χ1) is 10.2. The molecule has 0 spiro atoms. The zero-order valence-corrected chi connectivity index (χ0v) is 12.9. The summed E-state index contributed by atoms with van der Waals surface area (Å²) in [6.45, 7) is 8.12. The number of hydrogen-bond acceptors (Lipinski definition) is 2. The lowest BCUT2D eigenvalue weighted by Crippen LogP contribution is -2.08. The van der Waals surface area contributed by atoms with Crippen molar-refractivity contribution in [2.75, 3.05) is 11.9 Å². The highest BCUT2D eigenvalue weighted by Gasteiger charge is 2.11. The normalized spacial score (nSPS) is 11.0. The number of hydrogen-bond donors (Lipinski definition) is 1. The number of rotatable bonds is 4. The van der Waals surface area contributed by atoms with Crippen molar-refractivity contribution in [3.8, 4) is 0 Å². The summed E-state index contributed by atoms with van der Waals surface area (Å²) < 4.78 is 2.26. The predicted octanol–water partition coefficient (Wildman–Crippen LogP) is 4.13. The zero-order chi connectivity index (χ0) is 14.8. The summed E-state index contributed by atoms with van der Waals surface area (Å²) in [5.41, 5.74) is 6.18. The molecule has 0 unspecified atom stereocenters. The fourth-order valence-electron chi connectivity index (χ4n) is 2.67. The maximum Gasteiger partial charge on any atom is 0.204 e. The quantitative estimate of drug-likeness (QED) is 0.778. The number of aryl methyl sites for hydroxylation is 2. The molecule has 3 nitrogen and oxygen atoms in total. The van der Waals surface area contributed by atoms with Gasteiger partial charge in [-0.05, 0) is 44.0 Å². The minimum Gasteiger partial charge on any atom is -0.356 e. The van der Waals surface area contributed by atoms with Gasteiger partial charge in [-0.2, -0.15) is 0 Å². The molecule has 108 valence electrons. The first kappa shape index (κ1) is 13.7. The van der Waals surface area contributed by atoms with Gasteiger partial charge in [-0.1, -0.05) is 35.9 Å². The Morgan fingerprint density at radius 2 is 1.90 bits per heavy atom. The van der Waals surface area contributed by atoms with Gasteiger partial charge >= 0.3 is 0 Å². The Kier molecular flexibility index (Phi) is 3.65. The van der Waals surface area contributed by atoms with Crippen LogP contribution in [0.5, 0.6) is 0 Å². The molecule has 3 aromatic rings. The Hall–Kier alpha value is -2.29. The van der Waals surface area contributed by atoms with Crippen LogP contribution < -0.4 is 5.32 Å². The zero-order valence-electron chi connectivity index (χ0n) is 12.9. The lowest BCUT2D eigenvalue weighted by atomic mass is 10.1. The number of benzene rings is 2. The molecule has 0 aliphatic rings. The van der Waals surface area contributed by atoms with E-state index in [1.165, 1.54) is 22.2 Å². The van der Waals surface area contributed by atoms with E-state index < -0.39 is 0 Å². The summed E-state index contributed by atoms with van der Waals surface area (Å²) >= 11 is 0. The standard InChI is InChI=1S/C18H21N3/c1-4-19-18-20-16-7-5-6-8-17(16)21(18)12-15-11-13(2)9-10-14(15)3/h5-11H,4,12H2,1-3H3,(H,19,20). The number of para-hydroxylation sites is 2. The van der Waals surface area contributed by atoms with E-state index in [-0.39, 0.29) is 0 Å². The number of fused-ring (bicyclic) bond motifs is 1. The summed E-state index contributed by atoms with van der Waals surface area (Å²) in [6.07, 6.45) is 0. The molecule has 21 heavy (non-hydrogen) atoms. The fraction of sp³-hybridized carbons (Fsp3) is 0.278. The van der Waals surface area contributed by atoms with E-state index in [0.29, 0.717) is 0 Å². The highest BCUT2D eigenvalue weighted by molar-refractivity contribution is 5.78. The first-order valence-electron chi connectivity index (χ1n) is 7.44. The Morgan fingerprint density at radius 1 is 1.10 bits per heavy atom. The van der Waals surface area contributed by atoms with Crippen molar-refractivity contribution < 1.29 is 0 Å². The van der Waals surface area contributed by atoms with Gasteiger partial charge in [0, 0.05) is 6.54 Å². The molecule has 1 aromatic heterocycles. The Labute approximate surface area is 125 Å². The average molecular weight is 279 g/mol. The molecule has 0 amide bonds. The smallest absolute Gasteiger partial charge is 0.204 e. The van der Waals surface area contributed by atoms with Gasteiger partial charge in [0.2, 0.25) is 5.95 Å². The second-order valence-corrected chi connectivity index (χ2v) is 5.47. The van der Waals surface area contributed by atoms with E-state index in [4.69, 9.17) is 4.98 Å². The van der Waals surface area contributed by atoms with Gasteiger partial charge in [-0.3, -0.25) is 0 Å². The second-order valence-electron chi connectivity index (χ2n) is 5.47. The van der Waals surface area contributed by atoms with Crippen molar-refractivity contribution in [3.63, 3.8) is 0 Å². The Morgan fingerprint density at radius 3 is 2.71 bits per heavy atom. The molecule has 1 N–H and O–H groups in total. The van der Waals surface area contributed by atoms with Gasteiger partial charge in [0.15, 0.2) is 0 Å². The van der Waals surface area contributed by atoms with Crippen LogP contribution in [-0.2, 0) is 6.54 Å². The third kappa shape index (κ3) is 2.64. The van der Waals surface area contributed by atoms with Gasteiger partial charge in [0.05, 0.1) is 17.6 Å². The van der Waals surface area contributed by atoms with Crippen LogP contribution in [0.15, 0.2) is 42.5 Å². The number of nitrogens with one attached hydrogen (secondary N) is 1. The van der Waals surface area contributed by atoms with Crippen molar-refractivity contribution in [1.82, 2.24) is 9.55 Å². The highest BCUT2D eigenvalue weighted by Crippen LogP contribution is 2.22. The lowest BCUT2D eigenvalue weighted by molar-refractivity contribution is 0.819. The molecular formula is C18H21N3. The van der Waals surface area contributed by atoms with Gasteiger partial charge in [0.25, 0.3) is 0 Å². The number of aromatic nitrogens is 2. The van der Waals surface area contributed by atoms with Crippen LogP contribution in [0.2, 0.25) is 0 Å². The van der Waals surface area contributed by atoms with Crippen LogP contribution in [0.3, 0.4) is 0 Å². The molecule has 0 fully saturated rings. The van der Waals surface area contributed by atoms with Crippen molar-refractivity contribution in [3.05, 3.63) is 59.2 Å². The third-order valence-electron chi connectivity index (χ3n) is 3.82. The van der Waals surface area contributed by atoms with Crippen LogP contribution in [0.25, 0.3) is 11.0 Å². The molecule has 2 aromatic carbocycles. The number of anilines is 1. The van der Waals surface area contributed by atoms with E-state index in [1.807, 2.05) is 6.07 Å². The third-order valence-corrected chi connectivity index (χ3v) is 3.82. The van der Waals surface area contributed by atoms with E-state index in [0.717, 1.165) is 24.6 Å². The SMILES string of the molecule is CCNc1nc2ccccc2n1Cc1cc(C)ccc1C. The van der Waals surface area contributed by atoms with Crippen molar-refractivity contribution in [2.24, 2.45) is 0 Å². The summed E-state index contributed by atoms with van der Waals surface area (Å²) in [6, 6.07) is 14.9. The van der Waals surface area contributed by atoms with Crippen LogP contribution in [0.4, 0.5) is 5.95 Å². The maximum absolute atomic E-state index is 4.70. The topological polar surface area (TPSA) is 29.9 Å². The van der Waals surface area contributed by atoms with Gasteiger partial charge < -0.3 is 9.88 Å². The van der Waals surface area contributed by atoms with Crippen LogP contribution in [-0.4, -0.2) is 16.1 Å². The van der Waals surface area contributed by atoms with E-state index in [2.05, 4.69) is 67.1 Å². The van der Waals surface area contributed by atoms with E-state index in [9.17, 15) is 0 Å². The highest BCUT2D eigenvalue weighted by atomic mass is 15.2. The number of imidazole rings is 1. The minimum atomic E-state index is 0.844. The predicted molar refractivity (Wildman–Crippen MR) is 88.9 cm³/mol. The Balaban J connectivity index is 2.10. The summed E-state index contributed by atoms with van der Waals surface area (Å²) in [5.74, 6) is 0.944. The maximum atomic E-state index is 4.70. The molecule has 0 aliphatic carbocycles. The lowest BCUT2D eigenvalue weighted by Gasteiger charge is -2.12. The molecule has 0 bridgehead atoms. The average Bonchev–Trinajstić information content (AvgIpc) is 2.81. The summed E-state index contributed by atoms with van der Waals surface area (Å²) in [4.78, 5) is 4.70. The molecule has 0 saturated carbocycles. The molecule has 3 heteroatoms. The van der Waals surface area contributed by atoms with Crippen molar-refractivity contribution in [1.29, 1.82) is 0 Å². The van der Waals surface area contributed by atoms with Gasteiger partial charge in [-0.15, -0.1) is 0 Å². The van der Waals surface area contributed by atoms with Gasteiger partial charge in [-0.25, -0.2) is 4.98 Å². The van der Waals surface area contributed by atoms with Crippen LogP contribution >= 0.6 is 0 Å². The van der Waals surface area contributed by atoms with Crippen LogP contribution in [0, 0.1) is 13.8 Å². The molecule has 0 aliphatic heterocycles. The molecule has 0 radical (unpaired) electrons. The van der Waals surface area contributed by atoms with Gasteiger partial charge in [0.1, 0.15) is 0 Å². The summed E-state index contributed by atoms with van der Waals surface area (Å²) in [5, 5.41) is 3.37. The van der Waals surface area contributed by atoms with E-state index in [1.54, 1.807) is 0 Å². The molecule has 3 rings (SSSR count). The minimum absolute atomic E-state index is 0.844. The summed E-state index contributed by atoms with van der Waals surface area (Å²) in [7, 11) is 0. The molecule has 0 saturated heterocycles. The molecule has 0 atom stereocenters. The van der Waals surface area contributed by atoms with E-state index >= 15 is 0 Å².